The summed E-state index contributed by atoms with van der Waals surface area (Å²) in [4.78, 5) is 5.34. The summed E-state index contributed by atoms with van der Waals surface area (Å²) in [6.45, 7) is 0. The van der Waals surface area contributed by atoms with Gasteiger partial charge in [0, 0.05) is 32.9 Å². The number of thioether (sulfide) groups is 1. The number of fused-ring (bicyclic) bond motifs is 1. The summed E-state index contributed by atoms with van der Waals surface area (Å²) in [5, 5.41) is 11.9. The molecule has 0 unspecified atom stereocenters. The number of halogens is 1. The van der Waals surface area contributed by atoms with Crippen LogP contribution in [-0.4, -0.2) is 10.1 Å². The highest BCUT2D eigenvalue weighted by Gasteiger charge is 2.06. The van der Waals surface area contributed by atoms with Crippen molar-refractivity contribution in [2.75, 3.05) is 0 Å². The van der Waals surface area contributed by atoms with Gasteiger partial charge in [0.1, 0.15) is 5.75 Å². The topological polar surface area (TPSA) is 33.1 Å². The van der Waals surface area contributed by atoms with E-state index in [1.54, 1.807) is 24.0 Å². The van der Waals surface area contributed by atoms with Crippen molar-refractivity contribution in [3.63, 3.8) is 0 Å². The van der Waals surface area contributed by atoms with E-state index < -0.39 is 0 Å². The van der Waals surface area contributed by atoms with E-state index in [-0.39, 0.29) is 0 Å². The van der Waals surface area contributed by atoms with Gasteiger partial charge in [0.05, 0.1) is 0 Å². The molecule has 0 amide bonds. The fourth-order valence-electron chi connectivity index (χ4n) is 2.08. The second kappa shape index (κ2) is 5.85. The Balaban J connectivity index is 1.90. The molecule has 3 aromatic rings. The van der Waals surface area contributed by atoms with Crippen molar-refractivity contribution in [1.29, 1.82) is 0 Å². The van der Waals surface area contributed by atoms with E-state index in [1.165, 1.54) is 10.5 Å². The van der Waals surface area contributed by atoms with Crippen molar-refractivity contribution in [1.82, 2.24) is 4.98 Å². The minimum Gasteiger partial charge on any atom is -0.507 e. The summed E-state index contributed by atoms with van der Waals surface area (Å²) in [6, 6.07) is 13.7. The van der Waals surface area contributed by atoms with E-state index >= 15 is 0 Å². The molecule has 0 radical (unpaired) electrons. The molecule has 3 rings (SSSR count). The maximum Gasteiger partial charge on any atom is 0.123 e. The Bertz CT molecular complexity index is 760. The second-order valence-electron chi connectivity index (χ2n) is 4.43. The zero-order chi connectivity index (χ0) is 13.9. The van der Waals surface area contributed by atoms with Gasteiger partial charge in [-0.15, -0.1) is 11.8 Å². The van der Waals surface area contributed by atoms with Crippen molar-refractivity contribution in [2.45, 2.75) is 10.6 Å². The predicted molar refractivity (Wildman–Crippen MR) is 87.1 cm³/mol. The van der Waals surface area contributed by atoms with Gasteiger partial charge in [-0.25, -0.2) is 0 Å². The molecular weight excluding hydrogens is 334 g/mol. The molecule has 20 heavy (non-hydrogen) atoms. The Morgan fingerprint density at radius 2 is 1.85 bits per heavy atom. The highest BCUT2D eigenvalue weighted by Crippen LogP contribution is 2.34. The maximum atomic E-state index is 9.89. The van der Waals surface area contributed by atoms with Crippen LogP contribution in [0.15, 0.2) is 64.2 Å². The summed E-state index contributed by atoms with van der Waals surface area (Å²) < 4.78 is 0.992. The monoisotopic (exact) mass is 345 g/mol. The van der Waals surface area contributed by atoms with Crippen molar-refractivity contribution in [3.8, 4) is 5.75 Å². The normalized spacial score (nSPS) is 10.8. The van der Waals surface area contributed by atoms with Crippen LogP contribution in [0.25, 0.3) is 10.8 Å². The molecule has 1 N–H and O–H groups in total. The first kappa shape index (κ1) is 13.5. The summed E-state index contributed by atoms with van der Waals surface area (Å²) >= 11 is 5.18. The average molecular weight is 346 g/mol. The molecule has 0 saturated heterocycles. The van der Waals surface area contributed by atoms with Crippen LogP contribution < -0.4 is 0 Å². The van der Waals surface area contributed by atoms with Crippen LogP contribution in [0.1, 0.15) is 5.56 Å². The van der Waals surface area contributed by atoms with Crippen LogP contribution in [0, 0.1) is 0 Å². The van der Waals surface area contributed by atoms with E-state index in [4.69, 9.17) is 0 Å². The van der Waals surface area contributed by atoms with Gasteiger partial charge in [0.15, 0.2) is 0 Å². The molecule has 4 heteroatoms. The van der Waals surface area contributed by atoms with E-state index in [9.17, 15) is 5.11 Å². The summed E-state index contributed by atoms with van der Waals surface area (Å²) in [7, 11) is 0. The number of rotatable bonds is 3. The smallest absolute Gasteiger partial charge is 0.123 e. The Morgan fingerprint density at radius 1 is 1.05 bits per heavy atom. The minimum absolute atomic E-state index is 0.328. The first-order valence-electron chi connectivity index (χ1n) is 6.17. The number of phenolic OH excluding ortho intramolecular Hbond substituents is 1. The third-order valence-electron chi connectivity index (χ3n) is 3.02. The Hall–Kier alpha value is -1.52. The molecule has 0 spiro atoms. The molecule has 100 valence electrons. The molecule has 1 aromatic heterocycles. The van der Waals surface area contributed by atoms with Crippen LogP contribution in [0.4, 0.5) is 0 Å². The molecule has 2 nitrogen and oxygen atoms in total. The predicted octanol–water partition coefficient (Wildman–Crippen LogP) is 5.00. The van der Waals surface area contributed by atoms with Crippen LogP contribution in [0.5, 0.6) is 5.75 Å². The molecule has 0 aliphatic heterocycles. The first-order valence-corrected chi connectivity index (χ1v) is 7.95. The van der Waals surface area contributed by atoms with Crippen molar-refractivity contribution < 1.29 is 5.11 Å². The molecule has 2 aromatic carbocycles. The first-order chi connectivity index (χ1) is 9.74. The highest BCUT2D eigenvalue weighted by atomic mass is 79.9. The number of aromatic nitrogens is 1. The number of benzene rings is 2. The van der Waals surface area contributed by atoms with E-state index in [0.717, 1.165) is 21.0 Å². The molecular formula is C16H12BrNOS. The number of nitrogens with zero attached hydrogens (tertiary/aromatic N) is 1. The fourth-order valence-corrected chi connectivity index (χ4v) is 3.47. The molecule has 0 aliphatic carbocycles. The van der Waals surface area contributed by atoms with E-state index in [1.807, 2.05) is 36.5 Å². The molecule has 0 saturated carbocycles. The number of hydrogen-bond acceptors (Lipinski definition) is 3. The Kier molecular flexibility index (Phi) is 3.94. The van der Waals surface area contributed by atoms with Gasteiger partial charge in [-0.05, 0) is 45.1 Å². The van der Waals surface area contributed by atoms with Gasteiger partial charge < -0.3 is 5.11 Å². The molecule has 0 bridgehead atoms. The molecule has 0 aliphatic rings. The number of hydrogen-bond donors (Lipinski definition) is 1. The van der Waals surface area contributed by atoms with Gasteiger partial charge >= 0.3 is 0 Å². The summed E-state index contributed by atoms with van der Waals surface area (Å²) in [5.74, 6) is 1.18. The molecule has 0 fully saturated rings. The van der Waals surface area contributed by atoms with Crippen LogP contribution in [0.3, 0.4) is 0 Å². The zero-order valence-corrected chi connectivity index (χ0v) is 13.0. The third-order valence-corrected chi connectivity index (χ3v) is 4.60. The lowest BCUT2D eigenvalue weighted by atomic mass is 10.1. The van der Waals surface area contributed by atoms with Crippen molar-refractivity contribution in [2.24, 2.45) is 0 Å². The highest BCUT2D eigenvalue weighted by molar-refractivity contribution is 9.10. The largest absolute Gasteiger partial charge is 0.507 e. The summed E-state index contributed by atoms with van der Waals surface area (Å²) in [5.41, 5.74) is 1.17. The number of aromatic hydroxyl groups is 1. The second-order valence-corrected chi connectivity index (χ2v) is 6.36. The summed E-state index contributed by atoms with van der Waals surface area (Å²) in [6.07, 6.45) is 3.66. The lowest BCUT2D eigenvalue weighted by Crippen LogP contribution is -1.84. The quantitative estimate of drug-likeness (QED) is 0.678. The Morgan fingerprint density at radius 3 is 2.65 bits per heavy atom. The minimum atomic E-state index is 0.328. The number of phenols is 1. The lowest BCUT2D eigenvalue weighted by Gasteiger charge is -2.08. The van der Waals surface area contributed by atoms with Gasteiger partial charge in [-0.1, -0.05) is 24.3 Å². The van der Waals surface area contributed by atoms with Gasteiger partial charge in [-0.2, -0.15) is 0 Å². The fraction of sp³-hybridized carbons (Fsp3) is 0.0625. The molecule has 0 atom stereocenters. The average Bonchev–Trinajstić information content (AvgIpc) is 2.47. The van der Waals surface area contributed by atoms with Crippen molar-refractivity contribution >= 4 is 38.5 Å². The van der Waals surface area contributed by atoms with Gasteiger partial charge in [-0.3, -0.25) is 4.98 Å². The zero-order valence-electron chi connectivity index (χ0n) is 10.6. The van der Waals surface area contributed by atoms with Crippen LogP contribution in [0.2, 0.25) is 0 Å². The standard InChI is InChI=1S/C16H12BrNOS/c17-12-7-11(8-18-9-12)10-20-16-6-5-15(19)13-3-1-2-4-14(13)16/h1-9,19H,10H2. The van der Waals surface area contributed by atoms with Gasteiger partial charge in [0.25, 0.3) is 0 Å². The van der Waals surface area contributed by atoms with E-state index in [0.29, 0.717) is 5.75 Å². The number of pyridine rings is 1. The van der Waals surface area contributed by atoms with Crippen LogP contribution in [-0.2, 0) is 5.75 Å². The lowest BCUT2D eigenvalue weighted by molar-refractivity contribution is 0.481. The maximum absolute atomic E-state index is 9.89. The SMILES string of the molecule is Oc1ccc(SCc2cncc(Br)c2)c2ccccc12. The third kappa shape index (κ3) is 2.81. The van der Waals surface area contributed by atoms with Gasteiger partial charge in [0.2, 0.25) is 0 Å². The van der Waals surface area contributed by atoms with E-state index in [2.05, 4.69) is 27.0 Å². The van der Waals surface area contributed by atoms with Crippen molar-refractivity contribution in [3.05, 3.63) is 64.9 Å². The molecule has 1 heterocycles. The Labute approximate surface area is 130 Å². The van der Waals surface area contributed by atoms with Crippen LogP contribution >= 0.6 is 27.7 Å².